The van der Waals surface area contributed by atoms with Crippen LogP contribution in [0.5, 0.6) is 0 Å². The first-order valence-corrected chi connectivity index (χ1v) is 6.14. The number of hydrogen-bond donors (Lipinski definition) is 3. The van der Waals surface area contributed by atoms with Crippen molar-refractivity contribution in [2.75, 3.05) is 5.32 Å². The number of H-pyrrole nitrogens is 1. The molecule has 0 spiro atoms. The van der Waals surface area contributed by atoms with Crippen LogP contribution in [-0.4, -0.2) is 32.2 Å². The summed E-state index contributed by atoms with van der Waals surface area (Å²) in [5.74, 6) is -1.10. The maximum atomic E-state index is 11.9. The number of aromatic carboxylic acids is 1. The Hall–Kier alpha value is -2.41. The van der Waals surface area contributed by atoms with Gasteiger partial charge in [0.05, 0.1) is 5.56 Å². The molecule has 1 heterocycles. The molecule has 2 rings (SSSR count). The molecule has 0 aliphatic rings. The van der Waals surface area contributed by atoms with Crippen molar-refractivity contribution in [2.24, 2.45) is 0 Å². The summed E-state index contributed by atoms with van der Waals surface area (Å²) in [4.78, 5) is 26.8. The van der Waals surface area contributed by atoms with Crippen LogP contribution in [0, 0.1) is 0 Å². The van der Waals surface area contributed by atoms with E-state index in [4.69, 9.17) is 16.7 Å². The van der Waals surface area contributed by atoms with Gasteiger partial charge in [-0.1, -0.05) is 18.5 Å². The number of carboxylic acids is 1. The molecule has 0 bridgehead atoms. The standard InChI is InChI=1S/C12H11ClN4O3/c1-2-9-15-10(17-16-9)11(18)14-8-4-6(12(19)20)3-7(13)5-8/h3-5H,2H2,1H3,(H,14,18)(H,19,20)(H,15,16,17). The van der Waals surface area contributed by atoms with E-state index < -0.39 is 11.9 Å². The van der Waals surface area contributed by atoms with Crippen molar-refractivity contribution in [3.63, 3.8) is 0 Å². The molecule has 0 saturated carbocycles. The molecule has 2 aromatic rings. The van der Waals surface area contributed by atoms with Crippen molar-refractivity contribution >= 4 is 29.2 Å². The summed E-state index contributed by atoms with van der Waals surface area (Å²) in [5.41, 5.74) is 0.250. The third-order valence-electron chi connectivity index (χ3n) is 2.47. The number of halogens is 1. The van der Waals surface area contributed by atoms with E-state index in [1.807, 2.05) is 6.92 Å². The fraction of sp³-hybridized carbons (Fsp3) is 0.167. The number of benzene rings is 1. The molecule has 0 radical (unpaired) electrons. The number of hydrogen-bond acceptors (Lipinski definition) is 4. The van der Waals surface area contributed by atoms with Crippen molar-refractivity contribution < 1.29 is 14.7 Å². The van der Waals surface area contributed by atoms with Gasteiger partial charge in [-0.15, -0.1) is 5.10 Å². The van der Waals surface area contributed by atoms with Crippen LogP contribution >= 0.6 is 11.6 Å². The molecule has 0 atom stereocenters. The molecule has 0 saturated heterocycles. The van der Waals surface area contributed by atoms with Crippen LogP contribution in [0.15, 0.2) is 18.2 Å². The fourth-order valence-corrected chi connectivity index (χ4v) is 1.76. The monoisotopic (exact) mass is 294 g/mol. The highest BCUT2D eigenvalue weighted by Gasteiger charge is 2.14. The summed E-state index contributed by atoms with van der Waals surface area (Å²) >= 11 is 5.80. The number of anilines is 1. The number of nitrogens with zero attached hydrogens (tertiary/aromatic N) is 2. The molecular weight excluding hydrogens is 284 g/mol. The topological polar surface area (TPSA) is 108 Å². The number of nitrogens with one attached hydrogen (secondary N) is 2. The largest absolute Gasteiger partial charge is 0.478 e. The van der Waals surface area contributed by atoms with E-state index >= 15 is 0 Å². The van der Waals surface area contributed by atoms with Crippen LogP contribution in [0.25, 0.3) is 0 Å². The van der Waals surface area contributed by atoms with E-state index in [0.717, 1.165) is 0 Å². The second-order valence-corrected chi connectivity index (χ2v) is 4.38. The number of amides is 1. The first-order chi connectivity index (χ1) is 9.49. The van der Waals surface area contributed by atoms with Gasteiger partial charge in [-0.2, -0.15) is 0 Å². The molecule has 8 heteroatoms. The third kappa shape index (κ3) is 3.12. The van der Waals surface area contributed by atoms with Gasteiger partial charge in [0.1, 0.15) is 5.82 Å². The highest BCUT2D eigenvalue weighted by Crippen LogP contribution is 2.19. The van der Waals surface area contributed by atoms with Gasteiger partial charge >= 0.3 is 5.97 Å². The van der Waals surface area contributed by atoms with Crippen LogP contribution in [-0.2, 0) is 6.42 Å². The van der Waals surface area contributed by atoms with Gasteiger partial charge in [0.25, 0.3) is 5.91 Å². The Bertz CT molecular complexity index is 668. The molecule has 20 heavy (non-hydrogen) atoms. The molecular formula is C12H11ClN4O3. The molecule has 0 aliphatic heterocycles. The minimum absolute atomic E-state index is 0.0151. The number of carbonyl (C=O) groups is 2. The summed E-state index contributed by atoms with van der Waals surface area (Å²) in [6.45, 7) is 1.87. The zero-order valence-electron chi connectivity index (χ0n) is 10.5. The second-order valence-electron chi connectivity index (χ2n) is 3.95. The summed E-state index contributed by atoms with van der Waals surface area (Å²) in [6, 6.07) is 4.04. The van der Waals surface area contributed by atoms with Crippen molar-refractivity contribution in [2.45, 2.75) is 13.3 Å². The van der Waals surface area contributed by atoms with E-state index in [1.54, 1.807) is 0 Å². The number of aryl methyl sites for hydroxylation is 1. The molecule has 1 amide bonds. The highest BCUT2D eigenvalue weighted by atomic mass is 35.5. The van der Waals surface area contributed by atoms with E-state index in [0.29, 0.717) is 12.2 Å². The molecule has 0 unspecified atom stereocenters. The van der Waals surface area contributed by atoms with Crippen LogP contribution in [0.2, 0.25) is 5.02 Å². The lowest BCUT2D eigenvalue weighted by Crippen LogP contribution is -2.14. The Balaban J connectivity index is 2.21. The van der Waals surface area contributed by atoms with E-state index in [9.17, 15) is 9.59 Å². The predicted molar refractivity (Wildman–Crippen MR) is 72.1 cm³/mol. The lowest BCUT2D eigenvalue weighted by molar-refractivity contribution is 0.0696. The van der Waals surface area contributed by atoms with Crippen LogP contribution in [0.3, 0.4) is 0 Å². The summed E-state index contributed by atoms with van der Waals surface area (Å²) in [7, 11) is 0. The van der Waals surface area contributed by atoms with E-state index in [-0.39, 0.29) is 22.1 Å². The number of aromatic nitrogens is 3. The molecule has 1 aromatic heterocycles. The van der Waals surface area contributed by atoms with E-state index in [2.05, 4.69) is 20.5 Å². The predicted octanol–water partition coefficient (Wildman–Crippen LogP) is 1.97. The maximum Gasteiger partial charge on any atom is 0.335 e. The molecule has 0 fully saturated rings. The zero-order valence-corrected chi connectivity index (χ0v) is 11.2. The third-order valence-corrected chi connectivity index (χ3v) is 2.69. The summed E-state index contributed by atoms with van der Waals surface area (Å²) in [5, 5.41) is 18.0. The number of aromatic amines is 1. The smallest absolute Gasteiger partial charge is 0.335 e. The van der Waals surface area contributed by atoms with Gasteiger partial charge in [0.15, 0.2) is 0 Å². The first kappa shape index (κ1) is 14.0. The average molecular weight is 295 g/mol. The molecule has 1 aromatic carbocycles. The van der Waals surface area contributed by atoms with Crippen molar-refractivity contribution in [1.29, 1.82) is 0 Å². The van der Waals surface area contributed by atoms with Gasteiger partial charge in [-0.3, -0.25) is 9.89 Å². The maximum absolute atomic E-state index is 11.9. The summed E-state index contributed by atoms with van der Waals surface area (Å²) < 4.78 is 0. The number of rotatable bonds is 4. The van der Waals surface area contributed by atoms with Crippen molar-refractivity contribution in [3.8, 4) is 0 Å². The van der Waals surface area contributed by atoms with Crippen molar-refractivity contribution in [3.05, 3.63) is 40.4 Å². The minimum atomic E-state index is -1.13. The van der Waals surface area contributed by atoms with Gasteiger partial charge in [0.2, 0.25) is 5.82 Å². The van der Waals surface area contributed by atoms with Gasteiger partial charge in [0, 0.05) is 17.1 Å². The first-order valence-electron chi connectivity index (χ1n) is 5.76. The molecule has 7 nitrogen and oxygen atoms in total. The zero-order chi connectivity index (χ0) is 14.7. The van der Waals surface area contributed by atoms with E-state index in [1.165, 1.54) is 18.2 Å². The van der Waals surface area contributed by atoms with Gasteiger partial charge < -0.3 is 10.4 Å². The minimum Gasteiger partial charge on any atom is -0.478 e. The van der Waals surface area contributed by atoms with Crippen LogP contribution < -0.4 is 5.32 Å². The van der Waals surface area contributed by atoms with Gasteiger partial charge in [-0.05, 0) is 18.2 Å². The Labute approximate surface area is 119 Å². The quantitative estimate of drug-likeness (QED) is 0.799. The Morgan fingerprint density at radius 1 is 1.40 bits per heavy atom. The van der Waals surface area contributed by atoms with Gasteiger partial charge in [-0.25, -0.2) is 9.78 Å². The molecule has 0 aliphatic carbocycles. The fourth-order valence-electron chi connectivity index (χ4n) is 1.53. The Morgan fingerprint density at radius 3 is 2.75 bits per heavy atom. The van der Waals surface area contributed by atoms with Crippen molar-refractivity contribution in [1.82, 2.24) is 15.2 Å². The second kappa shape index (κ2) is 5.70. The molecule has 104 valence electrons. The average Bonchev–Trinajstić information content (AvgIpc) is 2.86. The lowest BCUT2D eigenvalue weighted by atomic mass is 10.2. The SMILES string of the molecule is CCc1nc(C(=O)Nc2cc(Cl)cc(C(=O)O)c2)n[nH]1. The lowest BCUT2D eigenvalue weighted by Gasteiger charge is -2.04. The Kier molecular flexibility index (Phi) is 3.99. The van der Waals surface area contributed by atoms with Crippen LogP contribution in [0.4, 0.5) is 5.69 Å². The Morgan fingerprint density at radius 2 is 2.15 bits per heavy atom. The number of carboxylic acid groups (broad SMARTS) is 1. The summed E-state index contributed by atoms with van der Waals surface area (Å²) in [6.07, 6.45) is 0.626. The van der Waals surface area contributed by atoms with Crippen LogP contribution in [0.1, 0.15) is 33.7 Å². The normalized spacial score (nSPS) is 10.3. The number of carbonyl (C=O) groups excluding carboxylic acids is 1. The highest BCUT2D eigenvalue weighted by molar-refractivity contribution is 6.31. The molecule has 3 N–H and O–H groups in total.